The van der Waals surface area contributed by atoms with E-state index in [0.717, 1.165) is 37.9 Å². The van der Waals surface area contributed by atoms with E-state index >= 15 is 0 Å². The number of ether oxygens (including phenoxy) is 1. The van der Waals surface area contributed by atoms with Gasteiger partial charge in [-0.1, -0.05) is 30.3 Å². The van der Waals surface area contributed by atoms with Crippen molar-refractivity contribution in [3.05, 3.63) is 42.0 Å². The van der Waals surface area contributed by atoms with E-state index in [9.17, 15) is 9.59 Å². The standard InChI is InChI=1S/C20H26N2O3/c23-19(9-8-16-5-2-1-3-6-16)22-12-10-17(11-13-22)20(24)21-15-18-7-4-14-25-18/h1-3,5-6,8-9,17-18H,4,7,10-15H2,(H,21,24). The minimum Gasteiger partial charge on any atom is -0.376 e. The Morgan fingerprint density at radius 1 is 1.16 bits per heavy atom. The molecule has 5 nitrogen and oxygen atoms in total. The fourth-order valence-corrected chi connectivity index (χ4v) is 3.36. The van der Waals surface area contributed by atoms with Gasteiger partial charge in [0.15, 0.2) is 0 Å². The highest BCUT2D eigenvalue weighted by Crippen LogP contribution is 2.18. The molecular formula is C20H26N2O3. The summed E-state index contributed by atoms with van der Waals surface area (Å²) in [4.78, 5) is 26.4. The van der Waals surface area contributed by atoms with Crippen LogP contribution in [0.15, 0.2) is 36.4 Å². The molecular weight excluding hydrogens is 316 g/mol. The number of hydrogen-bond acceptors (Lipinski definition) is 3. The fraction of sp³-hybridized carbons (Fsp3) is 0.500. The summed E-state index contributed by atoms with van der Waals surface area (Å²) in [5.41, 5.74) is 1.01. The third-order valence-electron chi connectivity index (χ3n) is 4.92. The lowest BCUT2D eigenvalue weighted by molar-refractivity contribution is -0.132. The average Bonchev–Trinajstić information content (AvgIpc) is 3.19. The zero-order valence-electron chi connectivity index (χ0n) is 14.5. The third kappa shape index (κ3) is 5.16. The predicted molar refractivity (Wildman–Crippen MR) is 96.8 cm³/mol. The molecule has 2 amide bonds. The largest absolute Gasteiger partial charge is 0.376 e. The van der Waals surface area contributed by atoms with Crippen LogP contribution >= 0.6 is 0 Å². The van der Waals surface area contributed by atoms with Crippen molar-refractivity contribution in [2.24, 2.45) is 5.92 Å². The maximum absolute atomic E-state index is 12.3. The maximum Gasteiger partial charge on any atom is 0.246 e. The van der Waals surface area contributed by atoms with Crippen molar-refractivity contribution in [2.75, 3.05) is 26.2 Å². The number of nitrogens with zero attached hydrogens (tertiary/aromatic N) is 1. The highest BCUT2D eigenvalue weighted by molar-refractivity contribution is 5.92. The minimum atomic E-state index is 0.00329. The molecule has 0 aromatic heterocycles. The van der Waals surface area contributed by atoms with E-state index in [1.165, 1.54) is 0 Å². The molecule has 2 saturated heterocycles. The van der Waals surface area contributed by atoms with E-state index in [-0.39, 0.29) is 23.8 Å². The number of carbonyl (C=O) groups is 2. The normalized spacial score (nSPS) is 21.6. The van der Waals surface area contributed by atoms with Crippen molar-refractivity contribution in [3.8, 4) is 0 Å². The molecule has 2 aliphatic heterocycles. The van der Waals surface area contributed by atoms with Gasteiger partial charge in [-0.3, -0.25) is 9.59 Å². The molecule has 134 valence electrons. The zero-order chi connectivity index (χ0) is 17.5. The third-order valence-corrected chi connectivity index (χ3v) is 4.92. The Labute approximate surface area is 149 Å². The molecule has 1 N–H and O–H groups in total. The SMILES string of the molecule is O=C(NCC1CCCO1)C1CCN(C(=O)C=Cc2ccccc2)CC1. The predicted octanol–water partition coefficient (Wildman–Crippen LogP) is 2.23. The van der Waals surface area contributed by atoms with Crippen LogP contribution in [0.1, 0.15) is 31.2 Å². The smallest absolute Gasteiger partial charge is 0.246 e. The quantitative estimate of drug-likeness (QED) is 0.835. The molecule has 5 heteroatoms. The van der Waals surface area contributed by atoms with Crippen molar-refractivity contribution >= 4 is 17.9 Å². The van der Waals surface area contributed by atoms with Gasteiger partial charge in [0.1, 0.15) is 0 Å². The molecule has 3 rings (SSSR count). The molecule has 2 aliphatic rings. The van der Waals surface area contributed by atoms with E-state index in [1.54, 1.807) is 6.08 Å². The van der Waals surface area contributed by atoms with Crippen molar-refractivity contribution in [3.63, 3.8) is 0 Å². The number of likely N-dealkylation sites (tertiary alicyclic amines) is 1. The van der Waals surface area contributed by atoms with Gasteiger partial charge in [-0.15, -0.1) is 0 Å². The lowest BCUT2D eigenvalue weighted by Crippen LogP contribution is -2.43. The Kier molecular flexibility index (Phi) is 6.23. The van der Waals surface area contributed by atoms with Crippen LogP contribution in [0.2, 0.25) is 0 Å². The summed E-state index contributed by atoms with van der Waals surface area (Å²) in [6, 6.07) is 9.78. The van der Waals surface area contributed by atoms with Gasteiger partial charge in [0.2, 0.25) is 11.8 Å². The van der Waals surface area contributed by atoms with Gasteiger partial charge in [0, 0.05) is 38.2 Å². The molecule has 0 aliphatic carbocycles. The number of hydrogen-bond donors (Lipinski definition) is 1. The molecule has 0 radical (unpaired) electrons. The van der Waals surface area contributed by atoms with Gasteiger partial charge in [-0.05, 0) is 37.3 Å². The van der Waals surface area contributed by atoms with E-state index in [2.05, 4.69) is 5.32 Å². The van der Waals surface area contributed by atoms with Crippen LogP contribution in [-0.2, 0) is 14.3 Å². The number of piperidine rings is 1. The maximum atomic E-state index is 12.3. The fourth-order valence-electron chi connectivity index (χ4n) is 3.36. The summed E-state index contributed by atoms with van der Waals surface area (Å²) in [6.07, 6.45) is 7.19. The summed E-state index contributed by atoms with van der Waals surface area (Å²) in [5, 5.41) is 3.00. The summed E-state index contributed by atoms with van der Waals surface area (Å²) in [6.45, 7) is 2.68. The lowest BCUT2D eigenvalue weighted by Gasteiger charge is -2.30. The number of nitrogens with one attached hydrogen (secondary N) is 1. The molecule has 0 spiro atoms. The Bertz CT molecular complexity index is 601. The van der Waals surface area contributed by atoms with Crippen LogP contribution < -0.4 is 5.32 Å². The van der Waals surface area contributed by atoms with Crippen molar-refractivity contribution in [1.82, 2.24) is 10.2 Å². The molecule has 0 bridgehead atoms. The van der Waals surface area contributed by atoms with Crippen LogP contribution in [0, 0.1) is 5.92 Å². The van der Waals surface area contributed by atoms with Gasteiger partial charge in [0.05, 0.1) is 6.10 Å². The van der Waals surface area contributed by atoms with Crippen LogP contribution in [0.5, 0.6) is 0 Å². The van der Waals surface area contributed by atoms with Gasteiger partial charge in [-0.2, -0.15) is 0 Å². The molecule has 2 heterocycles. The second kappa shape index (κ2) is 8.81. The summed E-state index contributed by atoms with van der Waals surface area (Å²) in [5.74, 6) is 0.119. The van der Waals surface area contributed by atoms with Gasteiger partial charge >= 0.3 is 0 Å². The van der Waals surface area contributed by atoms with Crippen molar-refractivity contribution in [2.45, 2.75) is 31.8 Å². The van der Waals surface area contributed by atoms with E-state index in [0.29, 0.717) is 19.6 Å². The Balaban J connectivity index is 1.40. The summed E-state index contributed by atoms with van der Waals surface area (Å²) in [7, 11) is 0. The van der Waals surface area contributed by atoms with Gasteiger partial charge in [0.25, 0.3) is 0 Å². The van der Waals surface area contributed by atoms with E-state index in [4.69, 9.17) is 4.74 Å². The topological polar surface area (TPSA) is 58.6 Å². The first-order valence-electron chi connectivity index (χ1n) is 9.14. The monoisotopic (exact) mass is 342 g/mol. The first kappa shape index (κ1) is 17.7. The second-order valence-corrected chi connectivity index (χ2v) is 6.72. The van der Waals surface area contributed by atoms with Crippen LogP contribution in [0.4, 0.5) is 0 Å². The van der Waals surface area contributed by atoms with Gasteiger partial charge in [-0.25, -0.2) is 0 Å². The van der Waals surface area contributed by atoms with Gasteiger partial charge < -0.3 is 15.0 Å². The second-order valence-electron chi connectivity index (χ2n) is 6.72. The Hall–Kier alpha value is -2.14. The highest BCUT2D eigenvalue weighted by Gasteiger charge is 2.27. The van der Waals surface area contributed by atoms with E-state index in [1.807, 2.05) is 41.3 Å². The molecule has 1 aromatic rings. The molecule has 0 saturated carbocycles. The van der Waals surface area contributed by atoms with Crippen molar-refractivity contribution in [1.29, 1.82) is 0 Å². The first-order chi connectivity index (χ1) is 12.2. The zero-order valence-corrected chi connectivity index (χ0v) is 14.5. The van der Waals surface area contributed by atoms with E-state index < -0.39 is 0 Å². The molecule has 25 heavy (non-hydrogen) atoms. The first-order valence-corrected chi connectivity index (χ1v) is 9.14. The highest BCUT2D eigenvalue weighted by atomic mass is 16.5. The minimum absolute atomic E-state index is 0.00329. The molecule has 1 atom stereocenters. The van der Waals surface area contributed by atoms with Crippen LogP contribution in [-0.4, -0.2) is 49.1 Å². The van der Waals surface area contributed by atoms with Crippen LogP contribution in [0.25, 0.3) is 6.08 Å². The van der Waals surface area contributed by atoms with Crippen LogP contribution in [0.3, 0.4) is 0 Å². The number of amides is 2. The summed E-state index contributed by atoms with van der Waals surface area (Å²) < 4.78 is 5.53. The number of benzene rings is 1. The number of carbonyl (C=O) groups excluding carboxylic acids is 2. The molecule has 1 aromatic carbocycles. The molecule has 2 fully saturated rings. The average molecular weight is 342 g/mol. The lowest BCUT2D eigenvalue weighted by atomic mass is 9.95. The Morgan fingerprint density at radius 2 is 1.92 bits per heavy atom. The summed E-state index contributed by atoms with van der Waals surface area (Å²) >= 11 is 0. The Morgan fingerprint density at radius 3 is 2.60 bits per heavy atom. The molecule has 1 unspecified atom stereocenters. The van der Waals surface area contributed by atoms with Crippen molar-refractivity contribution < 1.29 is 14.3 Å². The number of rotatable bonds is 5.